The van der Waals surface area contributed by atoms with Crippen molar-refractivity contribution in [3.05, 3.63) is 35.9 Å². The zero-order chi connectivity index (χ0) is 16.4. The summed E-state index contributed by atoms with van der Waals surface area (Å²) in [7, 11) is 2.92. The number of benzene rings is 1. The van der Waals surface area contributed by atoms with Crippen LogP contribution in [0.5, 0.6) is 5.75 Å². The largest absolute Gasteiger partial charge is 0.497 e. The summed E-state index contributed by atoms with van der Waals surface area (Å²) in [5.41, 5.74) is 0.874. The van der Waals surface area contributed by atoms with E-state index in [1.54, 1.807) is 13.2 Å². The van der Waals surface area contributed by atoms with Crippen LogP contribution in [0.3, 0.4) is 0 Å². The number of nitrogens with one attached hydrogen (secondary N) is 1. The third kappa shape index (κ3) is 5.99. The molecular weight excluding hydrogens is 282 g/mol. The van der Waals surface area contributed by atoms with Crippen molar-refractivity contribution in [2.75, 3.05) is 14.2 Å². The lowest BCUT2D eigenvalue weighted by Gasteiger charge is -2.14. The molecule has 5 heteroatoms. The van der Waals surface area contributed by atoms with Crippen LogP contribution in [-0.2, 0) is 14.3 Å². The molecule has 0 saturated carbocycles. The monoisotopic (exact) mass is 305 g/mol. The van der Waals surface area contributed by atoms with Crippen LogP contribution in [0.25, 0.3) is 6.08 Å². The normalized spacial score (nSPS) is 12.0. The van der Waals surface area contributed by atoms with Crippen LogP contribution in [0.2, 0.25) is 0 Å². The molecule has 1 unspecified atom stereocenters. The summed E-state index contributed by atoms with van der Waals surface area (Å²) < 4.78 is 9.78. The standard InChI is InChI=1S/C17H23NO4/c1-4-5-6-15(17(20)22-3)18-16(19)12-9-13-7-10-14(21-2)11-8-13/h7-12,15H,4-6H2,1-3H3,(H,18,19). The van der Waals surface area contributed by atoms with Gasteiger partial charge >= 0.3 is 5.97 Å². The van der Waals surface area contributed by atoms with Crippen molar-refractivity contribution in [1.82, 2.24) is 5.32 Å². The first-order chi connectivity index (χ1) is 10.6. The van der Waals surface area contributed by atoms with E-state index >= 15 is 0 Å². The van der Waals surface area contributed by atoms with Gasteiger partial charge in [-0.3, -0.25) is 4.79 Å². The molecule has 0 aliphatic rings. The lowest BCUT2D eigenvalue weighted by Crippen LogP contribution is -2.40. The Morgan fingerprint density at radius 3 is 2.45 bits per heavy atom. The van der Waals surface area contributed by atoms with Crippen molar-refractivity contribution in [3.63, 3.8) is 0 Å². The third-order valence-electron chi connectivity index (χ3n) is 3.19. The molecule has 5 nitrogen and oxygen atoms in total. The molecule has 0 aliphatic heterocycles. The molecule has 0 bridgehead atoms. The average Bonchev–Trinajstić information content (AvgIpc) is 2.56. The highest BCUT2D eigenvalue weighted by Crippen LogP contribution is 2.12. The third-order valence-corrected chi connectivity index (χ3v) is 3.19. The number of carbonyl (C=O) groups excluding carboxylic acids is 2. The molecule has 0 saturated heterocycles. The molecule has 1 aromatic rings. The summed E-state index contributed by atoms with van der Waals surface area (Å²) >= 11 is 0. The van der Waals surface area contributed by atoms with Crippen LogP contribution in [0.4, 0.5) is 0 Å². The first-order valence-electron chi connectivity index (χ1n) is 7.31. The Kier molecular flexibility index (Phi) is 7.75. The van der Waals surface area contributed by atoms with Crippen LogP contribution in [0.15, 0.2) is 30.3 Å². The van der Waals surface area contributed by atoms with Gasteiger partial charge in [-0.15, -0.1) is 0 Å². The summed E-state index contributed by atoms with van der Waals surface area (Å²) in [5, 5.41) is 2.67. The number of amides is 1. The highest BCUT2D eigenvalue weighted by molar-refractivity contribution is 5.94. The predicted molar refractivity (Wildman–Crippen MR) is 85.5 cm³/mol. The van der Waals surface area contributed by atoms with Gasteiger partial charge in [0.05, 0.1) is 14.2 Å². The molecule has 1 N–H and O–H groups in total. The molecule has 0 radical (unpaired) electrons. The maximum absolute atomic E-state index is 11.9. The Hall–Kier alpha value is -2.30. The van der Waals surface area contributed by atoms with Crippen molar-refractivity contribution in [3.8, 4) is 5.75 Å². The zero-order valence-corrected chi connectivity index (χ0v) is 13.3. The van der Waals surface area contributed by atoms with Gasteiger partial charge in [0.2, 0.25) is 5.91 Å². The van der Waals surface area contributed by atoms with Gasteiger partial charge in [0, 0.05) is 6.08 Å². The fraction of sp³-hybridized carbons (Fsp3) is 0.412. The van der Waals surface area contributed by atoms with Gasteiger partial charge < -0.3 is 14.8 Å². The van der Waals surface area contributed by atoms with Crippen molar-refractivity contribution in [2.24, 2.45) is 0 Å². The van der Waals surface area contributed by atoms with Crippen molar-refractivity contribution < 1.29 is 19.1 Å². The highest BCUT2D eigenvalue weighted by atomic mass is 16.5. The first-order valence-corrected chi connectivity index (χ1v) is 7.31. The van der Waals surface area contributed by atoms with Crippen molar-refractivity contribution >= 4 is 18.0 Å². The summed E-state index contributed by atoms with van der Waals surface area (Å²) in [5.74, 6) is 0.0221. The minimum Gasteiger partial charge on any atom is -0.497 e. The summed E-state index contributed by atoms with van der Waals surface area (Å²) in [6, 6.07) is 6.72. The quantitative estimate of drug-likeness (QED) is 0.592. The molecular formula is C17H23NO4. The molecule has 0 heterocycles. The first kappa shape index (κ1) is 17.8. The number of ether oxygens (including phenoxy) is 2. The molecule has 1 atom stereocenters. The minimum atomic E-state index is -0.599. The average molecular weight is 305 g/mol. The highest BCUT2D eigenvalue weighted by Gasteiger charge is 2.19. The SMILES string of the molecule is CCCCC(NC(=O)C=Cc1ccc(OC)cc1)C(=O)OC. The fourth-order valence-corrected chi connectivity index (χ4v) is 1.91. The number of hydrogen-bond donors (Lipinski definition) is 1. The van der Waals surface area contributed by atoms with Crippen LogP contribution in [0.1, 0.15) is 31.7 Å². The number of esters is 1. The van der Waals surface area contributed by atoms with Gasteiger partial charge in [0.25, 0.3) is 0 Å². The molecule has 1 rings (SSSR count). The number of carbonyl (C=O) groups is 2. The van der Waals surface area contributed by atoms with E-state index in [1.807, 2.05) is 31.2 Å². The van der Waals surface area contributed by atoms with E-state index in [-0.39, 0.29) is 5.91 Å². The molecule has 0 spiro atoms. The fourth-order valence-electron chi connectivity index (χ4n) is 1.91. The van der Waals surface area contributed by atoms with Crippen LogP contribution < -0.4 is 10.1 Å². The second kappa shape index (κ2) is 9.60. The Morgan fingerprint density at radius 1 is 1.23 bits per heavy atom. The lowest BCUT2D eigenvalue weighted by molar-refractivity contribution is -0.144. The predicted octanol–water partition coefficient (Wildman–Crippen LogP) is 2.56. The molecule has 0 aliphatic carbocycles. The van der Waals surface area contributed by atoms with E-state index < -0.39 is 12.0 Å². The second-order valence-electron chi connectivity index (χ2n) is 4.83. The van der Waals surface area contributed by atoms with Gasteiger partial charge in [0.15, 0.2) is 0 Å². The van der Waals surface area contributed by atoms with Crippen LogP contribution in [-0.4, -0.2) is 32.1 Å². The van der Waals surface area contributed by atoms with E-state index in [1.165, 1.54) is 13.2 Å². The smallest absolute Gasteiger partial charge is 0.328 e. The van der Waals surface area contributed by atoms with E-state index in [0.717, 1.165) is 24.2 Å². The Labute approximate surface area is 131 Å². The van der Waals surface area contributed by atoms with E-state index in [4.69, 9.17) is 9.47 Å². The van der Waals surface area contributed by atoms with E-state index in [9.17, 15) is 9.59 Å². The Morgan fingerprint density at radius 2 is 1.91 bits per heavy atom. The molecule has 0 aromatic heterocycles. The lowest BCUT2D eigenvalue weighted by atomic mass is 10.1. The van der Waals surface area contributed by atoms with Crippen LogP contribution in [0, 0.1) is 0 Å². The summed E-state index contributed by atoms with van der Waals surface area (Å²) in [6.45, 7) is 2.03. The minimum absolute atomic E-state index is 0.317. The summed E-state index contributed by atoms with van der Waals surface area (Å²) in [6.07, 6.45) is 5.46. The molecule has 0 fully saturated rings. The number of unbranched alkanes of at least 4 members (excludes halogenated alkanes) is 1. The van der Waals surface area contributed by atoms with E-state index in [2.05, 4.69) is 5.32 Å². The summed E-state index contributed by atoms with van der Waals surface area (Å²) in [4.78, 5) is 23.5. The van der Waals surface area contributed by atoms with Gasteiger partial charge in [-0.1, -0.05) is 31.9 Å². The maximum Gasteiger partial charge on any atom is 0.328 e. The maximum atomic E-state index is 11.9. The number of rotatable bonds is 8. The molecule has 1 amide bonds. The Bertz CT molecular complexity index is 508. The Balaban J connectivity index is 2.61. The van der Waals surface area contributed by atoms with E-state index in [0.29, 0.717) is 6.42 Å². The van der Waals surface area contributed by atoms with Gasteiger partial charge in [-0.2, -0.15) is 0 Å². The van der Waals surface area contributed by atoms with Gasteiger partial charge in [-0.25, -0.2) is 4.79 Å². The second-order valence-corrected chi connectivity index (χ2v) is 4.83. The van der Waals surface area contributed by atoms with Crippen molar-refractivity contribution in [2.45, 2.75) is 32.2 Å². The zero-order valence-electron chi connectivity index (χ0n) is 13.3. The molecule has 120 valence electrons. The van der Waals surface area contributed by atoms with Crippen molar-refractivity contribution in [1.29, 1.82) is 0 Å². The number of methoxy groups -OCH3 is 2. The van der Waals surface area contributed by atoms with Crippen LogP contribution >= 0.6 is 0 Å². The number of hydrogen-bond acceptors (Lipinski definition) is 4. The molecule has 22 heavy (non-hydrogen) atoms. The van der Waals surface area contributed by atoms with Gasteiger partial charge in [0.1, 0.15) is 11.8 Å². The topological polar surface area (TPSA) is 64.6 Å². The molecule has 1 aromatic carbocycles. The van der Waals surface area contributed by atoms with Gasteiger partial charge in [-0.05, 0) is 30.2 Å².